The number of hydrogen-bond acceptors (Lipinski definition) is 4. The van der Waals surface area contributed by atoms with Crippen molar-refractivity contribution in [1.29, 1.82) is 0 Å². The fourth-order valence-electron chi connectivity index (χ4n) is 1.20. The molecule has 0 aliphatic rings. The average molecular weight is 233 g/mol. The van der Waals surface area contributed by atoms with Crippen LogP contribution in [-0.4, -0.2) is 25.2 Å². The predicted octanol–water partition coefficient (Wildman–Crippen LogP) is 1.11. The zero-order chi connectivity index (χ0) is 12.3. The lowest BCUT2D eigenvalue weighted by Crippen LogP contribution is -2.16. The number of carbonyl (C=O) groups is 1. The van der Waals surface area contributed by atoms with Gasteiger partial charge in [-0.1, -0.05) is 0 Å². The average Bonchev–Trinajstić information content (AvgIpc) is 2.26. The van der Waals surface area contributed by atoms with E-state index in [0.29, 0.717) is 0 Å². The predicted molar refractivity (Wildman–Crippen MR) is 49.9 cm³/mol. The van der Waals surface area contributed by atoms with Crippen LogP contribution in [0.4, 0.5) is 8.78 Å². The normalized spacial score (nSPS) is 10.3. The number of halogens is 2. The molecule has 5 nitrogen and oxygen atoms in total. The molecule has 1 rings (SSSR count). The highest BCUT2D eigenvalue weighted by molar-refractivity contribution is 5.92. The van der Waals surface area contributed by atoms with E-state index in [-0.39, 0.29) is 11.3 Å². The quantitative estimate of drug-likeness (QED) is 0.794. The lowest BCUT2D eigenvalue weighted by atomic mass is 10.2. The third kappa shape index (κ3) is 2.18. The van der Waals surface area contributed by atoms with E-state index in [1.807, 2.05) is 4.98 Å². The van der Waals surface area contributed by atoms with Crippen molar-refractivity contribution < 1.29 is 23.0 Å². The van der Waals surface area contributed by atoms with Crippen molar-refractivity contribution in [1.82, 2.24) is 4.98 Å². The second kappa shape index (κ2) is 4.73. The molecule has 0 aliphatic carbocycles. The summed E-state index contributed by atoms with van der Waals surface area (Å²) >= 11 is 0. The van der Waals surface area contributed by atoms with Gasteiger partial charge in [0.15, 0.2) is 5.75 Å². The number of esters is 1. The van der Waals surface area contributed by atoms with Gasteiger partial charge in [0.2, 0.25) is 5.56 Å². The smallest absolute Gasteiger partial charge is 0.341 e. The van der Waals surface area contributed by atoms with Crippen molar-refractivity contribution in [3.05, 3.63) is 27.7 Å². The first-order valence-corrected chi connectivity index (χ1v) is 4.19. The Morgan fingerprint density at radius 2 is 2.06 bits per heavy atom. The van der Waals surface area contributed by atoms with E-state index in [4.69, 9.17) is 0 Å². The van der Waals surface area contributed by atoms with Gasteiger partial charge in [0.1, 0.15) is 11.3 Å². The van der Waals surface area contributed by atoms with Gasteiger partial charge < -0.3 is 14.5 Å². The molecule has 0 saturated carbocycles. The molecule has 0 spiro atoms. The molecule has 1 N–H and O–H groups in total. The van der Waals surface area contributed by atoms with Crippen LogP contribution < -0.4 is 10.3 Å². The number of carbonyl (C=O) groups excluding carboxylic acids is 1. The van der Waals surface area contributed by atoms with Crippen LogP contribution in [0.1, 0.15) is 22.5 Å². The molecule has 0 radical (unpaired) electrons. The Bertz CT molecular complexity index is 455. The standard InChI is InChI=1S/C9H9F2NO4/c1-15-7-4(9(14)16-2)3-5(13)12-6(7)8(10)11/h3,8H,1-2H3,(H,12,13). The summed E-state index contributed by atoms with van der Waals surface area (Å²) in [7, 11) is 2.19. The van der Waals surface area contributed by atoms with Gasteiger partial charge in [0.25, 0.3) is 6.43 Å². The van der Waals surface area contributed by atoms with Gasteiger partial charge >= 0.3 is 5.97 Å². The summed E-state index contributed by atoms with van der Waals surface area (Å²) < 4.78 is 34.1. The first-order valence-electron chi connectivity index (χ1n) is 4.19. The fourth-order valence-corrected chi connectivity index (χ4v) is 1.20. The van der Waals surface area contributed by atoms with Crippen molar-refractivity contribution in [2.45, 2.75) is 6.43 Å². The minimum Gasteiger partial charge on any atom is -0.494 e. The van der Waals surface area contributed by atoms with Gasteiger partial charge in [-0.2, -0.15) is 0 Å². The van der Waals surface area contributed by atoms with Crippen molar-refractivity contribution in [2.75, 3.05) is 14.2 Å². The van der Waals surface area contributed by atoms with Crippen LogP contribution in [0, 0.1) is 0 Å². The fraction of sp³-hybridized carbons (Fsp3) is 0.333. The van der Waals surface area contributed by atoms with E-state index >= 15 is 0 Å². The molecule has 0 unspecified atom stereocenters. The number of pyridine rings is 1. The molecule has 1 aromatic heterocycles. The zero-order valence-electron chi connectivity index (χ0n) is 8.54. The molecule has 88 valence electrons. The highest BCUT2D eigenvalue weighted by Gasteiger charge is 2.23. The maximum atomic E-state index is 12.5. The number of aromatic nitrogens is 1. The van der Waals surface area contributed by atoms with Gasteiger partial charge in [0.05, 0.1) is 14.2 Å². The van der Waals surface area contributed by atoms with Gasteiger partial charge in [-0.15, -0.1) is 0 Å². The van der Waals surface area contributed by atoms with E-state index in [1.54, 1.807) is 0 Å². The molecule has 0 saturated heterocycles. The maximum absolute atomic E-state index is 12.5. The molecule has 16 heavy (non-hydrogen) atoms. The summed E-state index contributed by atoms with van der Waals surface area (Å²) in [6.45, 7) is 0. The highest BCUT2D eigenvalue weighted by Crippen LogP contribution is 2.29. The van der Waals surface area contributed by atoms with Crippen LogP contribution in [0.3, 0.4) is 0 Å². The van der Waals surface area contributed by atoms with Crippen molar-refractivity contribution >= 4 is 5.97 Å². The van der Waals surface area contributed by atoms with Crippen LogP contribution in [-0.2, 0) is 4.74 Å². The third-order valence-corrected chi connectivity index (χ3v) is 1.85. The van der Waals surface area contributed by atoms with Gasteiger partial charge in [-0.05, 0) is 0 Å². The van der Waals surface area contributed by atoms with Crippen LogP contribution in [0.5, 0.6) is 5.75 Å². The molecule has 7 heteroatoms. The minimum atomic E-state index is -2.95. The van der Waals surface area contributed by atoms with E-state index in [0.717, 1.165) is 20.3 Å². The number of ether oxygens (including phenoxy) is 2. The first kappa shape index (κ1) is 12.2. The topological polar surface area (TPSA) is 68.4 Å². The van der Waals surface area contributed by atoms with Gasteiger partial charge in [0, 0.05) is 6.07 Å². The number of aromatic amines is 1. The molecule has 0 amide bonds. The summed E-state index contributed by atoms with van der Waals surface area (Å²) in [5.74, 6) is -1.30. The number of alkyl halides is 2. The monoisotopic (exact) mass is 233 g/mol. The third-order valence-electron chi connectivity index (χ3n) is 1.85. The van der Waals surface area contributed by atoms with Crippen LogP contribution in [0.15, 0.2) is 10.9 Å². The maximum Gasteiger partial charge on any atom is 0.341 e. The Hall–Kier alpha value is -1.92. The molecule has 0 aliphatic heterocycles. The summed E-state index contributed by atoms with van der Waals surface area (Å²) in [4.78, 5) is 24.2. The van der Waals surface area contributed by atoms with Crippen molar-refractivity contribution in [2.24, 2.45) is 0 Å². The largest absolute Gasteiger partial charge is 0.494 e. The summed E-state index contributed by atoms with van der Waals surface area (Å²) in [6.07, 6.45) is -2.95. The Balaban J connectivity index is 3.48. The number of H-pyrrole nitrogens is 1. The van der Waals surface area contributed by atoms with E-state index in [1.165, 1.54) is 0 Å². The SMILES string of the molecule is COC(=O)c1cc(=O)[nH]c(C(F)F)c1OC. The molecule has 0 atom stereocenters. The Morgan fingerprint density at radius 3 is 2.50 bits per heavy atom. The van der Waals surface area contributed by atoms with Gasteiger partial charge in [-0.25, -0.2) is 13.6 Å². The minimum absolute atomic E-state index is 0.330. The molecule has 0 bridgehead atoms. The van der Waals surface area contributed by atoms with Crippen LogP contribution >= 0.6 is 0 Å². The van der Waals surface area contributed by atoms with E-state index in [2.05, 4.69) is 9.47 Å². The highest BCUT2D eigenvalue weighted by atomic mass is 19.3. The Morgan fingerprint density at radius 1 is 1.44 bits per heavy atom. The summed E-state index contributed by atoms with van der Waals surface area (Å²) in [5, 5.41) is 0. The van der Waals surface area contributed by atoms with Crippen molar-refractivity contribution in [3.8, 4) is 5.75 Å². The number of hydrogen-bond donors (Lipinski definition) is 1. The zero-order valence-corrected chi connectivity index (χ0v) is 8.54. The molecular formula is C9H9F2NO4. The second-order valence-corrected chi connectivity index (χ2v) is 2.79. The molecule has 0 fully saturated rings. The Labute approximate surface area is 89.0 Å². The van der Waals surface area contributed by atoms with E-state index < -0.39 is 23.6 Å². The molecule has 0 aromatic carbocycles. The number of rotatable bonds is 3. The van der Waals surface area contributed by atoms with Crippen LogP contribution in [0.2, 0.25) is 0 Å². The number of methoxy groups -OCH3 is 2. The number of nitrogens with one attached hydrogen (secondary N) is 1. The second-order valence-electron chi connectivity index (χ2n) is 2.79. The molecule has 1 aromatic rings. The molecular weight excluding hydrogens is 224 g/mol. The lowest BCUT2D eigenvalue weighted by Gasteiger charge is -2.10. The lowest BCUT2D eigenvalue weighted by molar-refractivity contribution is 0.0595. The van der Waals surface area contributed by atoms with Gasteiger partial charge in [-0.3, -0.25) is 4.79 Å². The van der Waals surface area contributed by atoms with Crippen LogP contribution in [0.25, 0.3) is 0 Å². The summed E-state index contributed by atoms with van der Waals surface area (Å²) in [6, 6.07) is 0.844. The molecule has 1 heterocycles. The Kier molecular flexibility index (Phi) is 3.60. The van der Waals surface area contributed by atoms with E-state index in [9.17, 15) is 18.4 Å². The summed E-state index contributed by atoms with van der Waals surface area (Å²) in [5.41, 5.74) is -1.89. The first-order chi connectivity index (χ1) is 7.51. The van der Waals surface area contributed by atoms with Crippen molar-refractivity contribution in [3.63, 3.8) is 0 Å².